The number of hydrogen-bond acceptors (Lipinski definition) is 7. The molecule has 1 fully saturated rings. The molecule has 2 aromatic carbocycles. The predicted octanol–water partition coefficient (Wildman–Crippen LogP) is 3.24. The molecule has 8 nitrogen and oxygen atoms in total. The first-order valence-corrected chi connectivity index (χ1v) is 12.0. The first-order chi connectivity index (χ1) is 17.0. The van der Waals surface area contributed by atoms with E-state index < -0.39 is 6.10 Å². The molecule has 2 heterocycles. The van der Waals surface area contributed by atoms with Crippen molar-refractivity contribution in [3.63, 3.8) is 0 Å². The van der Waals surface area contributed by atoms with Gasteiger partial charge in [0.1, 0.15) is 6.26 Å². The first-order valence-electron chi connectivity index (χ1n) is 12.0. The number of benzene rings is 2. The van der Waals surface area contributed by atoms with E-state index in [0.717, 1.165) is 43.0 Å². The number of carbonyl (C=O) groups is 1. The van der Waals surface area contributed by atoms with Gasteiger partial charge in [0, 0.05) is 38.4 Å². The number of anilines is 1. The van der Waals surface area contributed by atoms with Crippen LogP contribution in [0.25, 0.3) is 0 Å². The monoisotopic (exact) mass is 478 g/mol. The average Bonchev–Trinajstić information content (AvgIpc) is 3.32. The summed E-state index contributed by atoms with van der Waals surface area (Å²) in [6.45, 7) is 9.37. The molecule has 0 aliphatic carbocycles. The summed E-state index contributed by atoms with van der Waals surface area (Å²) < 4.78 is 11.2. The molecule has 0 bridgehead atoms. The summed E-state index contributed by atoms with van der Waals surface area (Å²) in [4.78, 5) is 21.4. The van der Waals surface area contributed by atoms with Crippen LogP contribution in [0, 0.1) is 13.8 Å². The van der Waals surface area contributed by atoms with Crippen LogP contribution >= 0.6 is 0 Å². The van der Waals surface area contributed by atoms with Crippen LogP contribution in [0.4, 0.5) is 5.69 Å². The summed E-state index contributed by atoms with van der Waals surface area (Å²) in [5.41, 5.74) is 4.42. The molecule has 1 amide bonds. The molecule has 1 unspecified atom stereocenters. The lowest BCUT2D eigenvalue weighted by Gasteiger charge is -2.34. The molecule has 1 aliphatic heterocycles. The number of aliphatic hydroxyl groups is 1. The standard InChI is InChI=1S/C27H34N4O4/c1-20-8-9-23(14-21(20)2)28-27(33)25-19-35-26(29-25)16-31-12-10-30(11-13-31)15-24(32)18-34-17-22-6-4-3-5-7-22/h3-9,14,19,24,32H,10-13,15-18H2,1-2H3,(H,28,33). The van der Waals surface area contributed by atoms with E-state index in [0.29, 0.717) is 32.2 Å². The molecule has 1 saturated heterocycles. The molecule has 0 saturated carbocycles. The third-order valence-corrected chi connectivity index (χ3v) is 6.26. The Hall–Kier alpha value is -3.04. The fourth-order valence-corrected chi connectivity index (χ4v) is 4.06. The van der Waals surface area contributed by atoms with Crippen molar-refractivity contribution in [3.8, 4) is 0 Å². The van der Waals surface area contributed by atoms with Crippen LogP contribution in [0.15, 0.2) is 59.2 Å². The van der Waals surface area contributed by atoms with Crippen molar-refractivity contribution >= 4 is 11.6 Å². The van der Waals surface area contributed by atoms with Crippen LogP contribution in [-0.2, 0) is 17.9 Å². The predicted molar refractivity (Wildman–Crippen MR) is 134 cm³/mol. The zero-order valence-electron chi connectivity index (χ0n) is 20.4. The van der Waals surface area contributed by atoms with Gasteiger partial charge in [0.15, 0.2) is 5.69 Å². The Bertz CT molecular complexity index is 1090. The van der Waals surface area contributed by atoms with Crippen molar-refractivity contribution in [1.82, 2.24) is 14.8 Å². The van der Waals surface area contributed by atoms with Gasteiger partial charge >= 0.3 is 0 Å². The van der Waals surface area contributed by atoms with E-state index in [9.17, 15) is 9.90 Å². The van der Waals surface area contributed by atoms with Gasteiger partial charge < -0.3 is 19.6 Å². The van der Waals surface area contributed by atoms with Gasteiger partial charge in [-0.3, -0.25) is 14.6 Å². The third kappa shape index (κ3) is 7.47. The fourth-order valence-electron chi connectivity index (χ4n) is 4.06. The van der Waals surface area contributed by atoms with E-state index in [4.69, 9.17) is 9.15 Å². The number of ether oxygens (including phenoxy) is 1. The lowest BCUT2D eigenvalue weighted by Crippen LogP contribution is -2.48. The van der Waals surface area contributed by atoms with E-state index in [-0.39, 0.29) is 11.6 Å². The van der Waals surface area contributed by atoms with Crippen LogP contribution in [0.3, 0.4) is 0 Å². The van der Waals surface area contributed by atoms with Gasteiger partial charge in [0.25, 0.3) is 5.91 Å². The van der Waals surface area contributed by atoms with E-state index >= 15 is 0 Å². The van der Waals surface area contributed by atoms with Gasteiger partial charge in [-0.2, -0.15) is 0 Å². The molecular weight excluding hydrogens is 444 g/mol. The summed E-state index contributed by atoms with van der Waals surface area (Å²) in [7, 11) is 0. The van der Waals surface area contributed by atoms with Gasteiger partial charge in [0.2, 0.25) is 5.89 Å². The first kappa shape index (κ1) is 25.1. The fraction of sp³-hybridized carbons (Fsp3) is 0.407. The van der Waals surface area contributed by atoms with Crippen LogP contribution < -0.4 is 5.32 Å². The minimum atomic E-state index is -0.518. The van der Waals surface area contributed by atoms with E-state index in [2.05, 4.69) is 20.1 Å². The number of aromatic nitrogens is 1. The average molecular weight is 479 g/mol. The molecule has 1 aromatic heterocycles. The maximum absolute atomic E-state index is 12.5. The smallest absolute Gasteiger partial charge is 0.277 e. The molecule has 8 heteroatoms. The number of aliphatic hydroxyl groups excluding tert-OH is 1. The number of piperazine rings is 1. The SMILES string of the molecule is Cc1ccc(NC(=O)c2coc(CN3CCN(CC(O)COCc4ccccc4)CC3)n2)cc1C. The molecule has 3 aromatic rings. The van der Waals surface area contributed by atoms with Crippen molar-refractivity contribution in [2.24, 2.45) is 0 Å². The summed E-state index contributed by atoms with van der Waals surface area (Å²) in [5.74, 6) is 0.245. The number of rotatable bonds is 10. The van der Waals surface area contributed by atoms with Crippen molar-refractivity contribution in [2.75, 3.05) is 44.6 Å². The zero-order valence-corrected chi connectivity index (χ0v) is 20.4. The molecule has 2 N–H and O–H groups in total. The largest absolute Gasteiger partial charge is 0.447 e. The highest BCUT2D eigenvalue weighted by molar-refractivity contribution is 6.02. The van der Waals surface area contributed by atoms with Gasteiger partial charge in [-0.25, -0.2) is 4.98 Å². The normalized spacial score (nSPS) is 15.7. The lowest BCUT2D eigenvalue weighted by molar-refractivity contribution is 0.000371. The van der Waals surface area contributed by atoms with Crippen molar-refractivity contribution in [2.45, 2.75) is 33.1 Å². The quantitative estimate of drug-likeness (QED) is 0.462. The van der Waals surface area contributed by atoms with Crippen LogP contribution in [0.2, 0.25) is 0 Å². The Morgan fingerprint density at radius 2 is 1.83 bits per heavy atom. The number of β-amino-alcohol motifs (C(OH)–C–C–N with tert-alkyl or cyclic N) is 1. The minimum Gasteiger partial charge on any atom is -0.447 e. The molecule has 4 rings (SSSR count). The highest BCUT2D eigenvalue weighted by atomic mass is 16.5. The van der Waals surface area contributed by atoms with Crippen molar-refractivity contribution in [1.29, 1.82) is 0 Å². The topological polar surface area (TPSA) is 91.1 Å². The second kappa shape index (κ2) is 12.1. The van der Waals surface area contributed by atoms with E-state index in [1.807, 2.05) is 62.4 Å². The van der Waals surface area contributed by atoms with Crippen molar-refractivity contribution < 1.29 is 19.1 Å². The molecule has 0 radical (unpaired) electrons. The number of hydrogen-bond donors (Lipinski definition) is 2. The van der Waals surface area contributed by atoms with Gasteiger partial charge in [0.05, 0.1) is 25.9 Å². The number of nitrogens with one attached hydrogen (secondary N) is 1. The van der Waals surface area contributed by atoms with Crippen LogP contribution in [-0.4, -0.2) is 71.2 Å². The highest BCUT2D eigenvalue weighted by Crippen LogP contribution is 2.16. The molecule has 0 spiro atoms. The number of carbonyl (C=O) groups excluding carboxylic acids is 1. The van der Waals surface area contributed by atoms with Crippen LogP contribution in [0.5, 0.6) is 0 Å². The van der Waals surface area contributed by atoms with Crippen molar-refractivity contribution in [3.05, 3.63) is 83.1 Å². The molecule has 1 atom stereocenters. The van der Waals surface area contributed by atoms with E-state index in [1.165, 1.54) is 11.8 Å². The third-order valence-electron chi connectivity index (χ3n) is 6.26. The molecule has 1 aliphatic rings. The number of oxazole rings is 1. The summed E-state index contributed by atoms with van der Waals surface area (Å²) in [5, 5.41) is 13.2. The summed E-state index contributed by atoms with van der Waals surface area (Å²) >= 11 is 0. The minimum absolute atomic E-state index is 0.274. The van der Waals surface area contributed by atoms with E-state index in [1.54, 1.807) is 0 Å². The molecular formula is C27H34N4O4. The summed E-state index contributed by atoms with van der Waals surface area (Å²) in [6, 6.07) is 15.8. The van der Waals surface area contributed by atoms with Gasteiger partial charge in [-0.05, 0) is 42.7 Å². The van der Waals surface area contributed by atoms with Crippen LogP contribution in [0.1, 0.15) is 33.1 Å². The van der Waals surface area contributed by atoms with Gasteiger partial charge in [-0.15, -0.1) is 0 Å². The Morgan fingerprint density at radius 3 is 2.57 bits per heavy atom. The number of aryl methyl sites for hydroxylation is 2. The summed E-state index contributed by atoms with van der Waals surface area (Å²) in [6.07, 6.45) is 0.892. The Morgan fingerprint density at radius 1 is 1.09 bits per heavy atom. The molecule has 186 valence electrons. The second-order valence-corrected chi connectivity index (χ2v) is 9.11. The maximum Gasteiger partial charge on any atom is 0.277 e. The highest BCUT2D eigenvalue weighted by Gasteiger charge is 2.21. The van der Waals surface area contributed by atoms with Gasteiger partial charge in [-0.1, -0.05) is 36.4 Å². The zero-order chi connectivity index (χ0) is 24.6. The Balaban J connectivity index is 1.16. The number of nitrogens with zero attached hydrogens (tertiary/aromatic N) is 3. The number of amides is 1. The Labute approximate surface area is 206 Å². The molecule has 35 heavy (non-hydrogen) atoms. The maximum atomic E-state index is 12.5. The second-order valence-electron chi connectivity index (χ2n) is 9.11. The lowest BCUT2D eigenvalue weighted by atomic mass is 10.1. The Kier molecular flexibility index (Phi) is 8.65.